The van der Waals surface area contributed by atoms with Gasteiger partial charge in [0.1, 0.15) is 18.0 Å². The zero-order chi connectivity index (χ0) is 16.9. The Morgan fingerprint density at radius 1 is 1.55 bits per heavy atom. The molecule has 126 valence electrons. The summed E-state index contributed by atoms with van der Waals surface area (Å²) < 4.78 is 20.6. The third-order valence-corrected chi connectivity index (χ3v) is 5.11. The highest BCUT2D eigenvalue weighted by Gasteiger charge is 2.32. The summed E-state index contributed by atoms with van der Waals surface area (Å²) in [5.41, 5.74) is 6.15. The van der Waals surface area contributed by atoms with E-state index in [0.29, 0.717) is 5.69 Å². The number of hydrogen-bond acceptors (Lipinski definition) is 5. The molecule has 0 aliphatic rings. The highest BCUT2D eigenvalue weighted by molar-refractivity contribution is 7.53. The Morgan fingerprint density at radius 3 is 2.50 bits per heavy atom. The summed E-state index contributed by atoms with van der Waals surface area (Å²) >= 11 is 11.3. The van der Waals surface area contributed by atoms with Crippen molar-refractivity contribution in [1.82, 2.24) is 14.2 Å². The van der Waals surface area contributed by atoms with E-state index in [9.17, 15) is 14.7 Å². The lowest BCUT2D eigenvalue weighted by Gasteiger charge is -2.28. The van der Waals surface area contributed by atoms with Crippen molar-refractivity contribution >= 4 is 36.8 Å². The van der Waals surface area contributed by atoms with Gasteiger partial charge in [0.05, 0.1) is 7.05 Å². The van der Waals surface area contributed by atoms with Gasteiger partial charge < -0.3 is 10.1 Å². The Morgan fingerprint density at radius 2 is 2.09 bits per heavy atom. The molecule has 0 radical (unpaired) electrons. The molecule has 0 aromatic carbocycles. The minimum Gasteiger partial charge on any atom is -0.390 e. The standard InChI is InChI=1S/C10H18Cl2N5O4P/c1-8(9-7-14-10(15(9)2)17(18)19)21-22(13,20)16(5-3-11)6-4-12/h7-8H,3-6H2,1-2H3,(H2,13,20). The van der Waals surface area contributed by atoms with Crippen LogP contribution in [-0.4, -0.2) is 44.0 Å². The maximum atomic E-state index is 12.5. The normalized spacial score (nSPS) is 15.7. The number of nitrogens with zero attached hydrogens (tertiary/aromatic N) is 4. The molecule has 1 aromatic rings. The summed E-state index contributed by atoms with van der Waals surface area (Å²) in [4.78, 5) is 13.8. The van der Waals surface area contributed by atoms with Crippen LogP contribution < -0.4 is 5.50 Å². The molecular weight excluding hydrogens is 356 g/mol. The number of halogens is 2. The number of alkyl halides is 2. The quantitative estimate of drug-likeness (QED) is 0.305. The molecule has 2 atom stereocenters. The van der Waals surface area contributed by atoms with Gasteiger partial charge in [0.2, 0.25) is 0 Å². The van der Waals surface area contributed by atoms with Gasteiger partial charge in [0, 0.05) is 24.8 Å². The number of hydrogen-bond donors (Lipinski definition) is 1. The second-order valence-corrected chi connectivity index (χ2v) is 7.10. The largest absolute Gasteiger partial charge is 0.434 e. The summed E-state index contributed by atoms with van der Waals surface area (Å²) in [5.74, 6) is 0.0932. The topological polar surface area (TPSA) is 117 Å². The Kier molecular flexibility index (Phi) is 7.24. The Hall–Kier alpha value is -0.700. The first-order valence-electron chi connectivity index (χ1n) is 6.35. The van der Waals surface area contributed by atoms with Crippen molar-refractivity contribution in [3.8, 4) is 0 Å². The molecule has 9 nitrogen and oxygen atoms in total. The average molecular weight is 374 g/mol. The maximum Gasteiger partial charge on any atom is 0.434 e. The van der Waals surface area contributed by atoms with E-state index < -0.39 is 18.7 Å². The lowest BCUT2D eigenvalue weighted by atomic mass is 10.3. The summed E-state index contributed by atoms with van der Waals surface area (Å²) in [6.07, 6.45) is 0.533. The first-order valence-corrected chi connectivity index (χ1v) is 9.06. The van der Waals surface area contributed by atoms with Gasteiger partial charge in [0.25, 0.3) is 0 Å². The predicted octanol–water partition coefficient (Wildman–Crippen LogP) is 2.25. The number of rotatable bonds is 9. The summed E-state index contributed by atoms with van der Waals surface area (Å²) in [5, 5.41) is 10.8. The van der Waals surface area contributed by atoms with E-state index in [1.165, 1.54) is 22.5 Å². The molecule has 1 aromatic heterocycles. The van der Waals surface area contributed by atoms with Crippen LogP contribution in [0.3, 0.4) is 0 Å². The summed E-state index contributed by atoms with van der Waals surface area (Å²) in [6, 6.07) is 0. The van der Waals surface area contributed by atoms with Crippen LogP contribution in [0.4, 0.5) is 5.95 Å². The van der Waals surface area contributed by atoms with E-state index in [1.54, 1.807) is 6.92 Å². The monoisotopic (exact) mass is 373 g/mol. The molecule has 0 aliphatic carbocycles. The van der Waals surface area contributed by atoms with Crippen LogP contribution in [0, 0.1) is 10.1 Å². The van der Waals surface area contributed by atoms with Gasteiger partial charge >= 0.3 is 13.6 Å². The number of nitrogens with two attached hydrogens (primary N) is 1. The van der Waals surface area contributed by atoms with E-state index >= 15 is 0 Å². The van der Waals surface area contributed by atoms with Gasteiger partial charge in [-0.2, -0.15) is 0 Å². The molecular formula is C10H18Cl2N5O4P. The average Bonchev–Trinajstić information content (AvgIpc) is 2.80. The second-order valence-electron chi connectivity index (χ2n) is 4.44. The maximum absolute atomic E-state index is 12.5. The van der Waals surface area contributed by atoms with E-state index in [1.807, 2.05) is 0 Å². The molecule has 0 fully saturated rings. The summed E-state index contributed by atoms with van der Waals surface area (Å²) in [6.45, 7) is 2.08. The van der Waals surface area contributed by atoms with E-state index in [4.69, 9.17) is 33.2 Å². The number of aromatic nitrogens is 2. The van der Waals surface area contributed by atoms with Crippen LogP contribution >= 0.6 is 30.9 Å². The van der Waals surface area contributed by atoms with Crippen LogP contribution in [-0.2, 0) is 16.1 Å². The molecule has 2 unspecified atom stereocenters. The second kappa shape index (κ2) is 8.24. The fourth-order valence-corrected chi connectivity index (χ4v) is 3.99. The van der Waals surface area contributed by atoms with Crippen molar-refractivity contribution in [2.45, 2.75) is 13.0 Å². The third-order valence-electron chi connectivity index (χ3n) is 2.97. The molecule has 0 saturated heterocycles. The summed E-state index contributed by atoms with van der Waals surface area (Å²) in [7, 11) is -2.17. The zero-order valence-corrected chi connectivity index (χ0v) is 14.6. The van der Waals surface area contributed by atoms with Crippen molar-refractivity contribution in [2.24, 2.45) is 12.6 Å². The molecule has 0 aliphatic heterocycles. The van der Waals surface area contributed by atoms with Crippen molar-refractivity contribution in [3.05, 3.63) is 22.0 Å². The van der Waals surface area contributed by atoms with E-state index in [-0.39, 0.29) is 30.8 Å². The van der Waals surface area contributed by atoms with E-state index in [0.717, 1.165) is 0 Å². The molecule has 2 N–H and O–H groups in total. The molecule has 12 heteroatoms. The Labute approximate surface area is 138 Å². The molecule has 1 heterocycles. The van der Waals surface area contributed by atoms with Crippen molar-refractivity contribution in [2.75, 3.05) is 24.8 Å². The molecule has 1 rings (SSSR count). The Bertz CT molecular complexity index is 564. The minimum absolute atomic E-state index is 0.215. The molecule has 0 spiro atoms. The fraction of sp³-hybridized carbons (Fsp3) is 0.700. The van der Waals surface area contributed by atoms with Crippen molar-refractivity contribution in [1.29, 1.82) is 0 Å². The zero-order valence-electron chi connectivity index (χ0n) is 12.2. The molecule has 22 heavy (non-hydrogen) atoms. The van der Waals surface area contributed by atoms with Gasteiger partial charge in [-0.1, -0.05) is 4.98 Å². The van der Waals surface area contributed by atoms with Crippen molar-refractivity contribution in [3.63, 3.8) is 0 Å². The lowest BCUT2D eigenvalue weighted by Crippen LogP contribution is -2.30. The smallest absolute Gasteiger partial charge is 0.390 e. The minimum atomic E-state index is -3.64. The molecule has 0 bridgehead atoms. The van der Waals surface area contributed by atoms with Gasteiger partial charge in [0.15, 0.2) is 0 Å². The number of imidazole rings is 1. The fourth-order valence-electron chi connectivity index (χ4n) is 1.89. The predicted molar refractivity (Wildman–Crippen MR) is 84.2 cm³/mol. The highest BCUT2D eigenvalue weighted by atomic mass is 35.5. The first-order chi connectivity index (χ1) is 10.2. The molecule has 0 amide bonds. The van der Waals surface area contributed by atoms with Crippen molar-refractivity contribution < 1.29 is 14.0 Å². The third kappa shape index (κ3) is 4.65. The van der Waals surface area contributed by atoms with Gasteiger partial charge in [-0.15, -0.1) is 23.2 Å². The van der Waals surface area contributed by atoms with Gasteiger partial charge in [-0.25, -0.2) is 14.7 Å². The highest BCUT2D eigenvalue weighted by Crippen LogP contribution is 2.46. The SMILES string of the molecule is CC(OP(N)(=O)N(CCCl)CCCl)c1cnc([N+](=O)[O-])n1C. The number of nitro groups is 1. The molecule has 0 saturated carbocycles. The van der Waals surface area contributed by atoms with Crippen LogP contribution in [0.15, 0.2) is 6.20 Å². The van der Waals surface area contributed by atoms with Crippen LogP contribution in [0.1, 0.15) is 18.7 Å². The lowest BCUT2D eigenvalue weighted by molar-refractivity contribution is -0.396. The van der Waals surface area contributed by atoms with Crippen LogP contribution in [0.2, 0.25) is 0 Å². The van der Waals surface area contributed by atoms with Crippen LogP contribution in [0.25, 0.3) is 0 Å². The van der Waals surface area contributed by atoms with E-state index in [2.05, 4.69) is 4.98 Å². The Balaban J connectivity index is 2.92. The van der Waals surface area contributed by atoms with Gasteiger partial charge in [-0.3, -0.25) is 9.09 Å². The van der Waals surface area contributed by atoms with Crippen LogP contribution in [0.5, 0.6) is 0 Å². The first kappa shape index (κ1) is 19.3. The van der Waals surface area contributed by atoms with Gasteiger partial charge in [-0.05, 0) is 11.8 Å².